The number of benzene rings is 2. The Kier molecular flexibility index (Phi) is 9.98. The first-order valence-electron chi connectivity index (χ1n) is 8.80. The summed E-state index contributed by atoms with van der Waals surface area (Å²) in [4.78, 5) is 4.48. The van der Waals surface area contributed by atoms with E-state index in [-0.39, 0.29) is 35.8 Å². The van der Waals surface area contributed by atoms with Gasteiger partial charge in [-0.25, -0.2) is 8.78 Å². The maximum atomic E-state index is 13.4. The fraction of sp³-hybridized carbons (Fsp3) is 0.350. The number of ether oxygens (including phenoxy) is 1. The van der Waals surface area contributed by atoms with Crippen LogP contribution in [0.25, 0.3) is 0 Å². The van der Waals surface area contributed by atoms with Gasteiger partial charge in [0.15, 0.2) is 17.6 Å². The monoisotopic (exact) mass is 505 g/mol. The van der Waals surface area contributed by atoms with E-state index < -0.39 is 11.6 Å². The highest BCUT2D eigenvalue weighted by Gasteiger charge is 2.11. The van der Waals surface area contributed by atoms with Crippen LogP contribution in [0.2, 0.25) is 0 Å². The lowest BCUT2D eigenvalue weighted by Gasteiger charge is -2.18. The second kappa shape index (κ2) is 11.7. The highest BCUT2D eigenvalue weighted by Crippen LogP contribution is 2.23. The van der Waals surface area contributed by atoms with Crippen LogP contribution in [0.3, 0.4) is 0 Å². The summed E-state index contributed by atoms with van der Waals surface area (Å²) in [5, 5.41) is 16.3. The third kappa shape index (κ3) is 6.81. The minimum absolute atomic E-state index is 0. The SMILES string of the molecule is CCNC(=NCCc1ccc(OC)cc1O)NC(C)c1ccc(F)c(F)c1.I. The zero-order chi connectivity index (χ0) is 19.8. The second-order valence-electron chi connectivity index (χ2n) is 6.04. The molecule has 2 aromatic carbocycles. The van der Waals surface area contributed by atoms with Gasteiger partial charge in [0.1, 0.15) is 11.5 Å². The standard InChI is InChI=1S/C20H25F2N3O2.HI/c1-4-23-20(25-13(2)15-6-8-17(21)18(22)11-15)24-10-9-14-5-7-16(27-3)12-19(14)26;/h5-8,11-13,26H,4,9-10H2,1-3H3,(H2,23,24,25);1H. The van der Waals surface area contributed by atoms with E-state index >= 15 is 0 Å². The summed E-state index contributed by atoms with van der Waals surface area (Å²) in [6.07, 6.45) is 0.548. The Morgan fingerprint density at radius 1 is 1.18 bits per heavy atom. The molecule has 1 unspecified atom stereocenters. The Morgan fingerprint density at radius 3 is 2.54 bits per heavy atom. The molecule has 1 atom stereocenters. The average molecular weight is 505 g/mol. The van der Waals surface area contributed by atoms with Crippen molar-refractivity contribution in [2.45, 2.75) is 26.3 Å². The molecule has 0 spiro atoms. The molecule has 0 aliphatic carbocycles. The van der Waals surface area contributed by atoms with Crippen LogP contribution in [-0.2, 0) is 6.42 Å². The number of methoxy groups -OCH3 is 1. The number of hydrogen-bond donors (Lipinski definition) is 3. The predicted octanol–water partition coefficient (Wildman–Crippen LogP) is 4.16. The second-order valence-corrected chi connectivity index (χ2v) is 6.04. The summed E-state index contributed by atoms with van der Waals surface area (Å²) in [5.41, 5.74) is 1.39. The van der Waals surface area contributed by atoms with E-state index in [1.54, 1.807) is 25.3 Å². The van der Waals surface area contributed by atoms with Crippen LogP contribution in [0.5, 0.6) is 11.5 Å². The molecule has 0 bridgehead atoms. The third-order valence-electron chi connectivity index (χ3n) is 4.08. The van der Waals surface area contributed by atoms with E-state index in [1.807, 2.05) is 13.8 Å². The van der Waals surface area contributed by atoms with Crippen molar-refractivity contribution < 1.29 is 18.6 Å². The minimum Gasteiger partial charge on any atom is -0.508 e. The summed E-state index contributed by atoms with van der Waals surface area (Å²) >= 11 is 0. The number of halogens is 3. The van der Waals surface area contributed by atoms with Gasteiger partial charge in [-0.05, 0) is 49.6 Å². The van der Waals surface area contributed by atoms with Crippen molar-refractivity contribution in [3.63, 3.8) is 0 Å². The molecule has 8 heteroatoms. The number of hydrogen-bond acceptors (Lipinski definition) is 3. The fourth-order valence-electron chi connectivity index (χ4n) is 2.56. The number of rotatable bonds is 7. The summed E-state index contributed by atoms with van der Waals surface area (Å²) in [7, 11) is 1.54. The lowest BCUT2D eigenvalue weighted by atomic mass is 10.1. The molecule has 3 N–H and O–H groups in total. The molecule has 2 rings (SSSR count). The number of nitrogens with zero attached hydrogens (tertiary/aromatic N) is 1. The molecule has 0 fully saturated rings. The minimum atomic E-state index is -0.877. The zero-order valence-corrected chi connectivity index (χ0v) is 18.5. The van der Waals surface area contributed by atoms with Crippen LogP contribution in [0.15, 0.2) is 41.4 Å². The van der Waals surface area contributed by atoms with Crippen molar-refractivity contribution in [3.05, 3.63) is 59.2 Å². The normalized spacial score (nSPS) is 12.1. The summed E-state index contributed by atoms with van der Waals surface area (Å²) in [6.45, 7) is 4.88. The highest BCUT2D eigenvalue weighted by atomic mass is 127. The van der Waals surface area contributed by atoms with Crippen molar-refractivity contribution in [1.29, 1.82) is 0 Å². The van der Waals surface area contributed by atoms with E-state index in [2.05, 4.69) is 15.6 Å². The van der Waals surface area contributed by atoms with Gasteiger partial charge in [0.2, 0.25) is 0 Å². The van der Waals surface area contributed by atoms with Gasteiger partial charge >= 0.3 is 0 Å². The molecule has 154 valence electrons. The summed E-state index contributed by atoms with van der Waals surface area (Å²) in [6, 6.07) is 8.71. The molecule has 0 amide bonds. The van der Waals surface area contributed by atoms with Crippen LogP contribution >= 0.6 is 24.0 Å². The van der Waals surface area contributed by atoms with Crippen LogP contribution in [0.1, 0.15) is 31.0 Å². The van der Waals surface area contributed by atoms with Crippen LogP contribution in [-0.4, -0.2) is 31.3 Å². The fourth-order valence-corrected chi connectivity index (χ4v) is 2.56. The topological polar surface area (TPSA) is 65.9 Å². The Balaban J connectivity index is 0.00000392. The van der Waals surface area contributed by atoms with Gasteiger partial charge in [-0.2, -0.15) is 0 Å². The first-order valence-corrected chi connectivity index (χ1v) is 8.80. The quantitative estimate of drug-likeness (QED) is 0.301. The van der Waals surface area contributed by atoms with Crippen LogP contribution in [0, 0.1) is 11.6 Å². The van der Waals surface area contributed by atoms with E-state index in [1.165, 1.54) is 12.1 Å². The van der Waals surface area contributed by atoms with Gasteiger partial charge in [-0.15, -0.1) is 24.0 Å². The van der Waals surface area contributed by atoms with E-state index in [0.29, 0.717) is 36.8 Å². The van der Waals surface area contributed by atoms with Gasteiger partial charge in [0.05, 0.1) is 13.2 Å². The first kappa shape index (κ1) is 23.9. The molecule has 0 heterocycles. The molecule has 0 aliphatic heterocycles. The molecule has 0 saturated heterocycles. The van der Waals surface area contributed by atoms with E-state index in [9.17, 15) is 13.9 Å². The number of aromatic hydroxyl groups is 1. The van der Waals surface area contributed by atoms with Crippen LogP contribution < -0.4 is 15.4 Å². The maximum Gasteiger partial charge on any atom is 0.191 e. The van der Waals surface area contributed by atoms with Gasteiger partial charge in [0, 0.05) is 19.2 Å². The van der Waals surface area contributed by atoms with Gasteiger partial charge in [-0.1, -0.05) is 12.1 Å². The van der Waals surface area contributed by atoms with Crippen molar-refractivity contribution in [2.75, 3.05) is 20.2 Å². The zero-order valence-electron chi connectivity index (χ0n) is 16.1. The number of phenols is 1. The molecule has 0 radical (unpaired) electrons. The van der Waals surface area contributed by atoms with Crippen molar-refractivity contribution in [2.24, 2.45) is 4.99 Å². The molecule has 0 aliphatic rings. The van der Waals surface area contributed by atoms with E-state index in [0.717, 1.165) is 11.6 Å². The highest BCUT2D eigenvalue weighted by molar-refractivity contribution is 14.0. The number of phenolic OH excluding ortho intramolecular Hbond substituents is 1. The number of aliphatic imine (C=N–C) groups is 1. The largest absolute Gasteiger partial charge is 0.508 e. The number of nitrogens with one attached hydrogen (secondary N) is 2. The predicted molar refractivity (Wildman–Crippen MR) is 118 cm³/mol. The Bertz CT molecular complexity index is 803. The summed E-state index contributed by atoms with van der Waals surface area (Å²) in [5.74, 6) is -0.431. The van der Waals surface area contributed by atoms with Gasteiger partial charge < -0.3 is 20.5 Å². The summed E-state index contributed by atoms with van der Waals surface area (Å²) < 4.78 is 31.6. The van der Waals surface area contributed by atoms with Crippen molar-refractivity contribution in [1.82, 2.24) is 10.6 Å². The lowest BCUT2D eigenvalue weighted by Crippen LogP contribution is -2.39. The molecular weight excluding hydrogens is 479 g/mol. The van der Waals surface area contributed by atoms with Crippen LogP contribution in [0.4, 0.5) is 8.78 Å². The molecule has 5 nitrogen and oxygen atoms in total. The smallest absolute Gasteiger partial charge is 0.191 e. The maximum absolute atomic E-state index is 13.4. The van der Waals surface area contributed by atoms with Crippen molar-refractivity contribution in [3.8, 4) is 11.5 Å². The third-order valence-corrected chi connectivity index (χ3v) is 4.08. The van der Waals surface area contributed by atoms with Gasteiger partial charge in [-0.3, -0.25) is 4.99 Å². The molecule has 2 aromatic rings. The van der Waals surface area contributed by atoms with Gasteiger partial charge in [0.25, 0.3) is 0 Å². The Hall–Kier alpha value is -2.10. The first-order chi connectivity index (χ1) is 12.9. The number of guanidine groups is 1. The van der Waals surface area contributed by atoms with E-state index in [4.69, 9.17) is 4.74 Å². The average Bonchev–Trinajstić information content (AvgIpc) is 2.65. The van der Waals surface area contributed by atoms with Crippen molar-refractivity contribution >= 4 is 29.9 Å². The molecule has 0 saturated carbocycles. The lowest BCUT2D eigenvalue weighted by molar-refractivity contribution is 0.406. The Labute approximate surface area is 181 Å². The molecule has 28 heavy (non-hydrogen) atoms. The Morgan fingerprint density at radius 2 is 1.93 bits per heavy atom. The molecule has 0 aromatic heterocycles. The molecular formula is C20H26F2IN3O2.